The van der Waals surface area contributed by atoms with E-state index in [9.17, 15) is 0 Å². The fraction of sp³-hybridized carbons (Fsp3) is 0.571. The van der Waals surface area contributed by atoms with E-state index in [0.717, 1.165) is 23.7 Å². The van der Waals surface area contributed by atoms with Crippen LogP contribution in [0.25, 0.3) is 0 Å². The number of piperazine rings is 1. The molecule has 0 spiro atoms. The Labute approximate surface area is 114 Å². The lowest BCUT2D eigenvalue weighted by atomic mass is 9.95. The molecule has 3 nitrogen and oxygen atoms in total. The SMILES string of the molecule is C[C@]12CCCN1CCN(c1ccc(N)c(S)c1)C2. The van der Waals surface area contributed by atoms with Gasteiger partial charge in [0.15, 0.2) is 0 Å². The topological polar surface area (TPSA) is 32.5 Å². The minimum absolute atomic E-state index is 0.358. The predicted octanol–water partition coefficient (Wildman–Crippen LogP) is 2.23. The Morgan fingerprint density at radius 3 is 2.89 bits per heavy atom. The molecule has 2 aliphatic rings. The zero-order valence-electron chi connectivity index (χ0n) is 10.9. The summed E-state index contributed by atoms with van der Waals surface area (Å²) in [6.07, 6.45) is 2.65. The summed E-state index contributed by atoms with van der Waals surface area (Å²) in [6.45, 7) is 7.05. The van der Waals surface area contributed by atoms with Crippen LogP contribution in [0.1, 0.15) is 19.8 Å². The summed E-state index contributed by atoms with van der Waals surface area (Å²) >= 11 is 4.42. The molecule has 0 aromatic heterocycles. The van der Waals surface area contributed by atoms with Gasteiger partial charge >= 0.3 is 0 Å². The third-order valence-corrected chi connectivity index (χ3v) is 4.84. The fourth-order valence-electron chi connectivity index (χ4n) is 3.32. The van der Waals surface area contributed by atoms with Crippen LogP contribution in [0.15, 0.2) is 23.1 Å². The zero-order chi connectivity index (χ0) is 12.8. The van der Waals surface area contributed by atoms with Crippen LogP contribution >= 0.6 is 12.6 Å². The standard InChI is InChI=1S/C14H21N3S/c1-14-5-2-6-17(14)8-7-16(10-14)11-3-4-12(15)13(18)9-11/h3-4,9,18H,2,5-8,10,15H2,1H3/t14-/m1/s1. The number of benzene rings is 1. The number of nitrogen functional groups attached to an aromatic ring is 1. The molecule has 1 aromatic rings. The van der Waals surface area contributed by atoms with E-state index in [1.807, 2.05) is 6.07 Å². The van der Waals surface area contributed by atoms with Crippen molar-refractivity contribution >= 4 is 24.0 Å². The van der Waals surface area contributed by atoms with Gasteiger partial charge in [0.25, 0.3) is 0 Å². The molecule has 1 atom stereocenters. The van der Waals surface area contributed by atoms with Crippen LogP contribution in [-0.4, -0.2) is 36.6 Å². The molecule has 2 aliphatic heterocycles. The number of thiol groups is 1. The largest absolute Gasteiger partial charge is 0.398 e. The summed E-state index contributed by atoms with van der Waals surface area (Å²) in [5.41, 5.74) is 8.19. The van der Waals surface area contributed by atoms with Crippen LogP contribution in [0.4, 0.5) is 11.4 Å². The number of rotatable bonds is 1. The quantitative estimate of drug-likeness (QED) is 0.602. The first kappa shape index (κ1) is 12.2. The molecule has 1 aromatic carbocycles. The van der Waals surface area contributed by atoms with Crippen LogP contribution < -0.4 is 10.6 Å². The second-order valence-electron chi connectivity index (χ2n) is 5.75. The van der Waals surface area contributed by atoms with Gasteiger partial charge in [-0.3, -0.25) is 4.90 Å². The van der Waals surface area contributed by atoms with Crippen LogP contribution in [0, 0.1) is 0 Å². The Morgan fingerprint density at radius 1 is 1.28 bits per heavy atom. The van der Waals surface area contributed by atoms with E-state index in [0.29, 0.717) is 5.54 Å². The maximum absolute atomic E-state index is 5.83. The van der Waals surface area contributed by atoms with E-state index in [2.05, 4.69) is 41.5 Å². The van der Waals surface area contributed by atoms with Crippen molar-refractivity contribution in [3.63, 3.8) is 0 Å². The Bertz CT molecular complexity index is 462. The molecule has 0 bridgehead atoms. The van der Waals surface area contributed by atoms with E-state index in [1.54, 1.807) is 0 Å². The van der Waals surface area contributed by atoms with E-state index >= 15 is 0 Å². The highest BCUT2D eigenvalue weighted by Crippen LogP contribution is 2.35. The summed E-state index contributed by atoms with van der Waals surface area (Å²) in [5.74, 6) is 0. The summed E-state index contributed by atoms with van der Waals surface area (Å²) in [7, 11) is 0. The first-order valence-corrected chi connectivity index (χ1v) is 7.12. The van der Waals surface area contributed by atoms with Crippen molar-refractivity contribution < 1.29 is 0 Å². The van der Waals surface area contributed by atoms with Crippen molar-refractivity contribution in [2.75, 3.05) is 36.8 Å². The molecule has 4 heteroatoms. The number of fused-ring (bicyclic) bond motifs is 1. The first-order valence-electron chi connectivity index (χ1n) is 6.67. The number of nitrogens with zero attached hydrogens (tertiary/aromatic N) is 2. The third-order valence-electron chi connectivity index (χ3n) is 4.46. The second-order valence-corrected chi connectivity index (χ2v) is 6.23. The summed E-state index contributed by atoms with van der Waals surface area (Å²) < 4.78 is 0. The number of hydrogen-bond acceptors (Lipinski definition) is 4. The smallest absolute Gasteiger partial charge is 0.0451 e. The predicted molar refractivity (Wildman–Crippen MR) is 79.5 cm³/mol. The molecule has 0 radical (unpaired) electrons. The van der Waals surface area contributed by atoms with Crippen molar-refractivity contribution in [2.24, 2.45) is 0 Å². The number of nitrogens with two attached hydrogens (primary N) is 1. The zero-order valence-corrected chi connectivity index (χ0v) is 11.8. The van der Waals surface area contributed by atoms with Crippen molar-refractivity contribution in [1.82, 2.24) is 4.90 Å². The molecule has 98 valence electrons. The molecule has 2 N–H and O–H groups in total. The molecule has 2 heterocycles. The van der Waals surface area contributed by atoms with E-state index in [-0.39, 0.29) is 0 Å². The molecule has 0 saturated carbocycles. The lowest BCUT2D eigenvalue weighted by molar-refractivity contribution is 0.138. The van der Waals surface area contributed by atoms with Gasteiger partial charge in [0.1, 0.15) is 0 Å². The van der Waals surface area contributed by atoms with E-state index in [4.69, 9.17) is 5.73 Å². The van der Waals surface area contributed by atoms with Crippen LogP contribution in [0.3, 0.4) is 0 Å². The van der Waals surface area contributed by atoms with Gasteiger partial charge in [-0.25, -0.2) is 0 Å². The third kappa shape index (κ3) is 1.97. The average Bonchev–Trinajstić information content (AvgIpc) is 2.73. The van der Waals surface area contributed by atoms with Gasteiger partial charge in [-0.1, -0.05) is 0 Å². The summed E-state index contributed by atoms with van der Waals surface area (Å²) in [5, 5.41) is 0. The Kier molecular flexibility index (Phi) is 2.94. The maximum Gasteiger partial charge on any atom is 0.0451 e. The molecular weight excluding hydrogens is 242 g/mol. The van der Waals surface area contributed by atoms with Crippen LogP contribution in [-0.2, 0) is 0 Å². The second kappa shape index (κ2) is 4.35. The first-order chi connectivity index (χ1) is 8.58. The Balaban J connectivity index is 1.83. The minimum Gasteiger partial charge on any atom is -0.398 e. The van der Waals surface area contributed by atoms with E-state index in [1.165, 1.54) is 31.6 Å². The maximum atomic E-state index is 5.83. The van der Waals surface area contributed by atoms with Crippen molar-refractivity contribution in [2.45, 2.75) is 30.2 Å². The monoisotopic (exact) mass is 263 g/mol. The fourth-order valence-corrected chi connectivity index (χ4v) is 3.53. The lowest BCUT2D eigenvalue weighted by Crippen LogP contribution is -2.57. The summed E-state index contributed by atoms with van der Waals surface area (Å²) in [6, 6.07) is 6.16. The van der Waals surface area contributed by atoms with Gasteiger partial charge in [-0.05, 0) is 44.5 Å². The minimum atomic E-state index is 0.358. The Morgan fingerprint density at radius 2 is 2.11 bits per heavy atom. The Hall–Kier alpha value is -0.870. The van der Waals surface area contributed by atoms with Crippen LogP contribution in [0.5, 0.6) is 0 Å². The van der Waals surface area contributed by atoms with Crippen molar-refractivity contribution in [1.29, 1.82) is 0 Å². The molecule has 2 fully saturated rings. The molecule has 0 amide bonds. The summed E-state index contributed by atoms with van der Waals surface area (Å²) in [4.78, 5) is 6.00. The van der Waals surface area contributed by atoms with Crippen LogP contribution in [0.2, 0.25) is 0 Å². The van der Waals surface area contributed by atoms with E-state index < -0.39 is 0 Å². The van der Waals surface area contributed by atoms with Gasteiger partial charge in [-0.2, -0.15) is 0 Å². The van der Waals surface area contributed by atoms with Crippen molar-refractivity contribution in [3.8, 4) is 0 Å². The molecule has 0 unspecified atom stereocenters. The van der Waals surface area contributed by atoms with Gasteiger partial charge in [0.05, 0.1) is 0 Å². The molecule has 2 saturated heterocycles. The molecule has 0 aliphatic carbocycles. The molecule has 18 heavy (non-hydrogen) atoms. The van der Waals surface area contributed by atoms with Gasteiger partial charge < -0.3 is 10.6 Å². The van der Waals surface area contributed by atoms with Gasteiger partial charge in [0, 0.05) is 41.4 Å². The lowest BCUT2D eigenvalue weighted by Gasteiger charge is -2.46. The van der Waals surface area contributed by atoms with Gasteiger partial charge in [-0.15, -0.1) is 12.6 Å². The molecule has 3 rings (SSSR count). The highest BCUT2D eigenvalue weighted by atomic mass is 32.1. The highest BCUT2D eigenvalue weighted by Gasteiger charge is 2.40. The molecular formula is C14H21N3S. The normalized spacial score (nSPS) is 28.4. The highest BCUT2D eigenvalue weighted by molar-refractivity contribution is 7.80. The number of anilines is 2. The van der Waals surface area contributed by atoms with Crippen molar-refractivity contribution in [3.05, 3.63) is 18.2 Å². The van der Waals surface area contributed by atoms with Gasteiger partial charge in [0.2, 0.25) is 0 Å². The number of hydrogen-bond donors (Lipinski definition) is 2. The average molecular weight is 263 g/mol.